The number of halogens is 1. The molecule has 3 nitrogen and oxygen atoms in total. The van der Waals surface area contributed by atoms with Crippen molar-refractivity contribution in [2.75, 3.05) is 0 Å². The average molecular weight is 234 g/mol. The highest BCUT2D eigenvalue weighted by molar-refractivity contribution is 5.85. The highest BCUT2D eigenvalue weighted by atomic mass is 35.5. The molecule has 0 aromatic rings. The van der Waals surface area contributed by atoms with Crippen LogP contribution in [0.4, 0.5) is 0 Å². The minimum absolute atomic E-state index is 0. The summed E-state index contributed by atoms with van der Waals surface area (Å²) in [5.41, 5.74) is 8.25. The van der Waals surface area contributed by atoms with Crippen LogP contribution in [0.15, 0.2) is 72.0 Å². The molecule has 0 atom stereocenters. The lowest BCUT2D eigenvalue weighted by molar-refractivity contribution is 0.184. The summed E-state index contributed by atoms with van der Waals surface area (Å²) in [5, 5.41) is 3.97. The van der Waals surface area contributed by atoms with Gasteiger partial charge in [-0.25, -0.2) is 5.01 Å². The largest absolute Gasteiger partial charge is 0.383 e. The van der Waals surface area contributed by atoms with Crippen molar-refractivity contribution in [1.29, 1.82) is 0 Å². The zero-order chi connectivity index (χ0) is 10.3. The molecule has 0 aromatic heterocycles. The summed E-state index contributed by atoms with van der Waals surface area (Å²) in [6, 6.07) is 0. The first kappa shape index (κ1) is 10.6. The van der Waals surface area contributed by atoms with Crippen molar-refractivity contribution in [3.63, 3.8) is 0 Å². The SMILES string of the molecule is Cl.NC1=C2C=CC=CC=C2N2C=CC=CN12. The fourth-order valence-electron chi connectivity index (χ4n) is 1.88. The molecule has 82 valence electrons. The maximum atomic E-state index is 6.07. The predicted molar refractivity (Wildman–Crippen MR) is 66.8 cm³/mol. The Hall–Kier alpha value is -1.87. The quantitative estimate of drug-likeness (QED) is 0.696. The highest BCUT2D eigenvalue weighted by Crippen LogP contribution is 2.33. The van der Waals surface area contributed by atoms with E-state index in [4.69, 9.17) is 5.73 Å². The van der Waals surface area contributed by atoms with Crippen LogP contribution in [0, 0.1) is 0 Å². The van der Waals surface area contributed by atoms with Crippen LogP contribution >= 0.6 is 12.4 Å². The molecule has 0 radical (unpaired) electrons. The monoisotopic (exact) mass is 233 g/mol. The lowest BCUT2D eigenvalue weighted by Crippen LogP contribution is -2.31. The third-order valence-electron chi connectivity index (χ3n) is 2.58. The van der Waals surface area contributed by atoms with Crippen molar-refractivity contribution in [2.24, 2.45) is 5.73 Å². The first-order valence-electron chi connectivity index (χ1n) is 4.86. The molecule has 1 aliphatic carbocycles. The van der Waals surface area contributed by atoms with Gasteiger partial charge in [-0.1, -0.05) is 18.2 Å². The van der Waals surface area contributed by atoms with Crippen molar-refractivity contribution in [2.45, 2.75) is 0 Å². The third kappa shape index (κ3) is 1.37. The smallest absolute Gasteiger partial charge is 0.132 e. The first-order chi connectivity index (χ1) is 7.38. The molecule has 0 unspecified atom stereocenters. The standard InChI is InChI=1S/C12H11N3.ClH/c13-12-10-6-2-1-3-7-11(10)14-8-4-5-9-15(12)14;/h1-9H,13H2;1H. The van der Waals surface area contributed by atoms with Crippen LogP contribution in [-0.4, -0.2) is 10.0 Å². The van der Waals surface area contributed by atoms with E-state index >= 15 is 0 Å². The Bertz CT molecular complexity index is 480. The molecule has 4 heteroatoms. The maximum Gasteiger partial charge on any atom is 0.132 e. The van der Waals surface area contributed by atoms with Gasteiger partial charge < -0.3 is 5.73 Å². The van der Waals surface area contributed by atoms with E-state index in [1.807, 2.05) is 58.9 Å². The highest BCUT2D eigenvalue weighted by Gasteiger charge is 2.29. The van der Waals surface area contributed by atoms with Gasteiger partial charge in [0.05, 0.1) is 5.70 Å². The van der Waals surface area contributed by atoms with Gasteiger partial charge in [-0.15, -0.1) is 12.4 Å². The van der Waals surface area contributed by atoms with E-state index in [-0.39, 0.29) is 12.4 Å². The summed E-state index contributed by atoms with van der Waals surface area (Å²) in [6.07, 6.45) is 18.0. The molecular weight excluding hydrogens is 222 g/mol. The Labute approximate surface area is 101 Å². The molecule has 0 spiro atoms. The lowest BCUT2D eigenvalue weighted by Gasteiger charge is -2.28. The molecule has 16 heavy (non-hydrogen) atoms. The molecule has 0 saturated carbocycles. The van der Waals surface area contributed by atoms with Gasteiger partial charge in [0.2, 0.25) is 0 Å². The van der Waals surface area contributed by atoms with Crippen LogP contribution in [0.1, 0.15) is 0 Å². The van der Waals surface area contributed by atoms with Crippen LogP contribution in [-0.2, 0) is 0 Å². The molecule has 2 N–H and O–H groups in total. The van der Waals surface area contributed by atoms with Crippen LogP contribution in [0.5, 0.6) is 0 Å². The summed E-state index contributed by atoms with van der Waals surface area (Å²) in [5.74, 6) is 0.766. The van der Waals surface area contributed by atoms with E-state index in [9.17, 15) is 0 Å². The number of fused-ring (bicyclic) bond motifs is 3. The number of hydrogen-bond donors (Lipinski definition) is 1. The normalized spacial score (nSPS) is 20.4. The number of allylic oxidation sites excluding steroid dienone is 7. The van der Waals surface area contributed by atoms with Crippen molar-refractivity contribution >= 4 is 12.4 Å². The van der Waals surface area contributed by atoms with E-state index in [0.717, 1.165) is 17.1 Å². The van der Waals surface area contributed by atoms with Crippen molar-refractivity contribution < 1.29 is 0 Å². The molecule has 0 aromatic carbocycles. The summed E-state index contributed by atoms with van der Waals surface area (Å²) in [6.45, 7) is 0. The number of hydrogen-bond acceptors (Lipinski definition) is 3. The van der Waals surface area contributed by atoms with E-state index in [1.165, 1.54) is 0 Å². The number of rotatable bonds is 0. The number of nitrogens with zero attached hydrogens (tertiary/aromatic N) is 2. The van der Waals surface area contributed by atoms with E-state index in [0.29, 0.717) is 0 Å². The fourth-order valence-corrected chi connectivity index (χ4v) is 1.88. The Morgan fingerprint density at radius 1 is 0.875 bits per heavy atom. The molecule has 0 bridgehead atoms. The number of hydrazine groups is 1. The van der Waals surface area contributed by atoms with E-state index in [1.54, 1.807) is 0 Å². The Kier molecular flexibility index (Phi) is 2.62. The van der Waals surface area contributed by atoms with Crippen LogP contribution in [0.25, 0.3) is 0 Å². The maximum absolute atomic E-state index is 6.07. The van der Waals surface area contributed by atoms with Gasteiger partial charge in [0.1, 0.15) is 5.82 Å². The summed E-state index contributed by atoms with van der Waals surface area (Å²) in [4.78, 5) is 0. The fraction of sp³-hybridized carbons (Fsp3) is 0. The predicted octanol–water partition coefficient (Wildman–Crippen LogP) is 2.16. The zero-order valence-electron chi connectivity index (χ0n) is 8.58. The average Bonchev–Trinajstić information content (AvgIpc) is 2.48. The minimum Gasteiger partial charge on any atom is -0.383 e. The summed E-state index contributed by atoms with van der Waals surface area (Å²) in [7, 11) is 0. The lowest BCUT2D eigenvalue weighted by atomic mass is 10.2. The van der Waals surface area contributed by atoms with E-state index < -0.39 is 0 Å². The third-order valence-corrected chi connectivity index (χ3v) is 2.58. The van der Waals surface area contributed by atoms with Gasteiger partial charge in [-0.3, -0.25) is 5.01 Å². The Balaban J connectivity index is 0.000000963. The molecular formula is C12H12ClN3. The van der Waals surface area contributed by atoms with Crippen LogP contribution in [0.3, 0.4) is 0 Å². The zero-order valence-corrected chi connectivity index (χ0v) is 9.39. The van der Waals surface area contributed by atoms with E-state index in [2.05, 4.69) is 6.08 Å². The van der Waals surface area contributed by atoms with Gasteiger partial charge in [0.25, 0.3) is 0 Å². The second kappa shape index (κ2) is 3.94. The van der Waals surface area contributed by atoms with Gasteiger partial charge in [-0.2, -0.15) is 0 Å². The van der Waals surface area contributed by atoms with Crippen LogP contribution < -0.4 is 5.73 Å². The number of nitrogens with two attached hydrogens (primary N) is 1. The van der Waals surface area contributed by atoms with Crippen molar-refractivity contribution in [3.8, 4) is 0 Å². The second-order valence-electron chi connectivity index (χ2n) is 3.47. The minimum atomic E-state index is 0. The molecule has 3 rings (SSSR count). The summed E-state index contributed by atoms with van der Waals surface area (Å²) >= 11 is 0. The molecule has 3 aliphatic rings. The van der Waals surface area contributed by atoms with Gasteiger partial charge in [0.15, 0.2) is 0 Å². The van der Waals surface area contributed by atoms with Gasteiger partial charge in [-0.05, 0) is 24.3 Å². The molecule has 0 saturated heterocycles. The molecule has 2 heterocycles. The van der Waals surface area contributed by atoms with Crippen molar-refractivity contribution in [1.82, 2.24) is 10.0 Å². The van der Waals surface area contributed by atoms with Crippen molar-refractivity contribution in [3.05, 3.63) is 72.0 Å². The molecule has 0 fully saturated rings. The Morgan fingerprint density at radius 2 is 1.62 bits per heavy atom. The second-order valence-corrected chi connectivity index (χ2v) is 3.47. The topological polar surface area (TPSA) is 32.5 Å². The van der Waals surface area contributed by atoms with Gasteiger partial charge in [0, 0.05) is 18.0 Å². The Morgan fingerprint density at radius 3 is 2.44 bits per heavy atom. The summed E-state index contributed by atoms with van der Waals surface area (Å²) < 4.78 is 0. The van der Waals surface area contributed by atoms with Crippen LogP contribution in [0.2, 0.25) is 0 Å². The first-order valence-corrected chi connectivity index (χ1v) is 4.86. The molecule has 0 amide bonds. The molecule has 2 aliphatic heterocycles. The van der Waals surface area contributed by atoms with Gasteiger partial charge >= 0.3 is 0 Å².